The Morgan fingerprint density at radius 1 is 1.60 bits per heavy atom. The standard InChI is InChI=1S/C9H17N5O/c1-9(4-3-5-15-9)7-10-6-8-11-13-14(2)12-8/h10H,3-7H2,1-2H3. The Hall–Kier alpha value is -1.01. The number of tetrazole rings is 1. The fraction of sp³-hybridized carbons (Fsp3) is 0.889. The third-order valence-corrected chi connectivity index (χ3v) is 2.63. The number of hydrogen-bond acceptors (Lipinski definition) is 5. The van der Waals surface area contributed by atoms with Crippen molar-refractivity contribution < 1.29 is 4.74 Å². The molecule has 1 saturated heterocycles. The minimum absolute atomic E-state index is 0.0117. The Morgan fingerprint density at radius 3 is 3.07 bits per heavy atom. The molecular weight excluding hydrogens is 194 g/mol. The molecule has 1 aliphatic heterocycles. The summed E-state index contributed by atoms with van der Waals surface area (Å²) >= 11 is 0. The van der Waals surface area contributed by atoms with Gasteiger partial charge in [-0.2, -0.15) is 4.80 Å². The van der Waals surface area contributed by atoms with Crippen molar-refractivity contribution in [2.45, 2.75) is 31.9 Å². The Labute approximate surface area is 89.0 Å². The number of hydrogen-bond donors (Lipinski definition) is 1. The third-order valence-electron chi connectivity index (χ3n) is 2.63. The molecule has 0 amide bonds. The van der Waals surface area contributed by atoms with Crippen molar-refractivity contribution >= 4 is 0 Å². The predicted octanol–water partition coefficient (Wildman–Crippen LogP) is -0.131. The average molecular weight is 211 g/mol. The minimum Gasteiger partial charge on any atom is -0.374 e. The van der Waals surface area contributed by atoms with Gasteiger partial charge in [-0.05, 0) is 25.0 Å². The van der Waals surface area contributed by atoms with E-state index < -0.39 is 0 Å². The van der Waals surface area contributed by atoms with Gasteiger partial charge in [0, 0.05) is 13.2 Å². The fourth-order valence-electron chi connectivity index (χ4n) is 1.81. The van der Waals surface area contributed by atoms with Gasteiger partial charge in [0.1, 0.15) is 0 Å². The van der Waals surface area contributed by atoms with Gasteiger partial charge in [0.25, 0.3) is 0 Å². The van der Waals surface area contributed by atoms with E-state index in [-0.39, 0.29) is 5.60 Å². The van der Waals surface area contributed by atoms with Crippen LogP contribution in [0.2, 0.25) is 0 Å². The Bertz CT molecular complexity index is 318. The molecule has 6 heteroatoms. The average Bonchev–Trinajstić information content (AvgIpc) is 2.76. The van der Waals surface area contributed by atoms with Crippen LogP contribution in [0.5, 0.6) is 0 Å². The summed E-state index contributed by atoms with van der Waals surface area (Å²) in [6.45, 7) is 4.50. The molecule has 0 saturated carbocycles. The molecule has 0 aromatic carbocycles. The summed E-state index contributed by atoms with van der Waals surface area (Å²) < 4.78 is 5.66. The summed E-state index contributed by atoms with van der Waals surface area (Å²) in [5.74, 6) is 0.721. The van der Waals surface area contributed by atoms with Gasteiger partial charge in [0.2, 0.25) is 0 Å². The second-order valence-corrected chi connectivity index (χ2v) is 4.20. The second kappa shape index (κ2) is 4.24. The van der Waals surface area contributed by atoms with E-state index in [9.17, 15) is 0 Å². The van der Waals surface area contributed by atoms with E-state index in [2.05, 4.69) is 27.7 Å². The van der Waals surface area contributed by atoms with E-state index in [4.69, 9.17) is 4.74 Å². The third kappa shape index (κ3) is 2.73. The normalized spacial score (nSPS) is 26.0. The SMILES string of the molecule is Cn1nnc(CNCC2(C)CCCO2)n1. The Morgan fingerprint density at radius 2 is 2.47 bits per heavy atom. The molecule has 1 unspecified atom stereocenters. The molecule has 0 spiro atoms. The maximum Gasteiger partial charge on any atom is 0.188 e. The first-order valence-corrected chi connectivity index (χ1v) is 5.25. The van der Waals surface area contributed by atoms with E-state index in [1.54, 1.807) is 7.05 Å². The topological polar surface area (TPSA) is 64.9 Å². The monoisotopic (exact) mass is 211 g/mol. The van der Waals surface area contributed by atoms with Crippen LogP contribution < -0.4 is 5.32 Å². The number of nitrogens with zero attached hydrogens (tertiary/aromatic N) is 4. The van der Waals surface area contributed by atoms with Gasteiger partial charge in [0.15, 0.2) is 5.82 Å². The Kier molecular flexibility index (Phi) is 2.97. The van der Waals surface area contributed by atoms with Crippen LogP contribution in [-0.4, -0.2) is 39.0 Å². The van der Waals surface area contributed by atoms with Gasteiger partial charge < -0.3 is 10.1 Å². The Balaban J connectivity index is 1.75. The van der Waals surface area contributed by atoms with Crippen molar-refractivity contribution in [2.24, 2.45) is 7.05 Å². The quantitative estimate of drug-likeness (QED) is 0.751. The molecule has 0 aliphatic carbocycles. The highest BCUT2D eigenvalue weighted by atomic mass is 16.5. The molecule has 1 aromatic rings. The van der Waals surface area contributed by atoms with Crippen LogP contribution in [0.3, 0.4) is 0 Å². The zero-order valence-corrected chi connectivity index (χ0v) is 9.23. The van der Waals surface area contributed by atoms with Crippen LogP contribution in [0.25, 0.3) is 0 Å². The van der Waals surface area contributed by atoms with Gasteiger partial charge in [-0.1, -0.05) is 0 Å². The van der Waals surface area contributed by atoms with Crippen molar-refractivity contribution in [3.8, 4) is 0 Å². The smallest absolute Gasteiger partial charge is 0.188 e. The zero-order valence-electron chi connectivity index (χ0n) is 9.23. The lowest BCUT2D eigenvalue weighted by molar-refractivity contribution is 0.0205. The van der Waals surface area contributed by atoms with Crippen LogP contribution in [0.4, 0.5) is 0 Å². The zero-order chi connectivity index (χ0) is 10.7. The molecule has 0 radical (unpaired) electrons. The lowest BCUT2D eigenvalue weighted by atomic mass is 10.0. The summed E-state index contributed by atoms with van der Waals surface area (Å²) in [6, 6.07) is 0. The van der Waals surface area contributed by atoms with E-state index in [0.717, 1.165) is 31.8 Å². The number of nitrogens with one attached hydrogen (secondary N) is 1. The van der Waals surface area contributed by atoms with Crippen LogP contribution in [0.1, 0.15) is 25.6 Å². The number of aromatic nitrogens is 4. The van der Waals surface area contributed by atoms with Crippen molar-refractivity contribution in [2.75, 3.05) is 13.2 Å². The molecular formula is C9H17N5O. The van der Waals surface area contributed by atoms with E-state index >= 15 is 0 Å². The molecule has 1 atom stereocenters. The molecule has 1 aliphatic rings. The summed E-state index contributed by atoms with van der Waals surface area (Å²) in [5.41, 5.74) is -0.0117. The maximum absolute atomic E-state index is 5.66. The van der Waals surface area contributed by atoms with Crippen LogP contribution in [0, 0.1) is 0 Å². The summed E-state index contributed by atoms with van der Waals surface area (Å²) in [5, 5.41) is 15.1. The molecule has 15 heavy (non-hydrogen) atoms. The van der Waals surface area contributed by atoms with Crippen molar-refractivity contribution in [1.82, 2.24) is 25.5 Å². The molecule has 0 bridgehead atoms. The molecule has 6 nitrogen and oxygen atoms in total. The highest BCUT2D eigenvalue weighted by Crippen LogP contribution is 2.23. The first-order chi connectivity index (χ1) is 7.18. The molecule has 1 fully saturated rings. The molecule has 1 N–H and O–H groups in total. The first-order valence-electron chi connectivity index (χ1n) is 5.25. The maximum atomic E-state index is 5.66. The second-order valence-electron chi connectivity index (χ2n) is 4.20. The van der Waals surface area contributed by atoms with Crippen LogP contribution >= 0.6 is 0 Å². The minimum atomic E-state index is -0.0117. The molecule has 84 valence electrons. The van der Waals surface area contributed by atoms with Crippen molar-refractivity contribution in [3.63, 3.8) is 0 Å². The summed E-state index contributed by atoms with van der Waals surface area (Å²) in [4.78, 5) is 1.46. The fourth-order valence-corrected chi connectivity index (χ4v) is 1.81. The lowest BCUT2D eigenvalue weighted by Crippen LogP contribution is -2.37. The van der Waals surface area contributed by atoms with E-state index in [0.29, 0.717) is 6.54 Å². The lowest BCUT2D eigenvalue weighted by Gasteiger charge is -2.22. The number of rotatable bonds is 4. The molecule has 2 rings (SSSR count). The molecule has 1 aromatic heterocycles. The van der Waals surface area contributed by atoms with Crippen molar-refractivity contribution in [1.29, 1.82) is 0 Å². The van der Waals surface area contributed by atoms with E-state index in [1.165, 1.54) is 4.80 Å². The van der Waals surface area contributed by atoms with E-state index in [1.807, 2.05) is 0 Å². The molecule has 2 heterocycles. The van der Waals surface area contributed by atoms with Gasteiger partial charge >= 0.3 is 0 Å². The summed E-state index contributed by atoms with van der Waals surface area (Å²) in [7, 11) is 1.76. The predicted molar refractivity (Wildman–Crippen MR) is 54.1 cm³/mol. The largest absolute Gasteiger partial charge is 0.374 e. The highest BCUT2D eigenvalue weighted by molar-refractivity contribution is 4.84. The summed E-state index contributed by atoms with van der Waals surface area (Å²) in [6.07, 6.45) is 2.27. The van der Waals surface area contributed by atoms with Crippen molar-refractivity contribution in [3.05, 3.63) is 5.82 Å². The first kappa shape index (κ1) is 10.5. The number of ether oxygens (including phenoxy) is 1. The van der Waals surface area contributed by atoms with Gasteiger partial charge in [-0.15, -0.1) is 10.2 Å². The van der Waals surface area contributed by atoms with Gasteiger partial charge in [0.05, 0.1) is 19.2 Å². The number of aryl methyl sites for hydroxylation is 1. The van der Waals surface area contributed by atoms with Gasteiger partial charge in [-0.3, -0.25) is 0 Å². The highest BCUT2D eigenvalue weighted by Gasteiger charge is 2.29. The van der Waals surface area contributed by atoms with Gasteiger partial charge in [-0.25, -0.2) is 0 Å². The van der Waals surface area contributed by atoms with Crippen LogP contribution in [-0.2, 0) is 18.3 Å². The van der Waals surface area contributed by atoms with Crippen LogP contribution in [0.15, 0.2) is 0 Å².